The second-order valence-corrected chi connectivity index (χ2v) is 4.49. The molecule has 2 heterocycles. The Balaban J connectivity index is 1.80. The third-order valence-corrected chi connectivity index (χ3v) is 3.15. The van der Waals surface area contributed by atoms with Gasteiger partial charge in [-0.2, -0.15) is 0 Å². The van der Waals surface area contributed by atoms with E-state index in [2.05, 4.69) is 10.3 Å². The van der Waals surface area contributed by atoms with Crippen molar-refractivity contribution < 1.29 is 14.3 Å². The molecule has 0 spiro atoms. The van der Waals surface area contributed by atoms with Crippen LogP contribution in [-0.4, -0.2) is 31.3 Å². The molecule has 0 saturated carbocycles. The number of methoxy groups -OCH3 is 1. The standard InChI is InChI=1S/C15H15N3O3/c1-20-12-5-2-4-11(10-12)17-15(19)18-8-9-21-13-6-3-7-16-14(13)18/h2-7,10H,8-9H2,1H3,(H,17,19). The van der Waals surface area contributed by atoms with Crippen LogP contribution in [0.2, 0.25) is 0 Å². The molecule has 0 radical (unpaired) electrons. The number of aromatic nitrogens is 1. The van der Waals surface area contributed by atoms with Crippen LogP contribution in [0.3, 0.4) is 0 Å². The van der Waals surface area contributed by atoms with Crippen LogP contribution in [0.25, 0.3) is 0 Å². The third-order valence-electron chi connectivity index (χ3n) is 3.15. The highest BCUT2D eigenvalue weighted by atomic mass is 16.5. The third kappa shape index (κ3) is 2.74. The van der Waals surface area contributed by atoms with Gasteiger partial charge in [0.25, 0.3) is 0 Å². The maximum absolute atomic E-state index is 12.4. The quantitative estimate of drug-likeness (QED) is 0.921. The van der Waals surface area contributed by atoms with Crippen molar-refractivity contribution >= 4 is 17.5 Å². The van der Waals surface area contributed by atoms with Crippen molar-refractivity contribution in [3.05, 3.63) is 42.6 Å². The molecule has 0 aliphatic carbocycles. The fourth-order valence-corrected chi connectivity index (χ4v) is 2.14. The fraction of sp³-hybridized carbons (Fsp3) is 0.200. The van der Waals surface area contributed by atoms with Crippen LogP contribution in [0, 0.1) is 0 Å². The van der Waals surface area contributed by atoms with Crippen molar-refractivity contribution in [2.24, 2.45) is 0 Å². The van der Waals surface area contributed by atoms with Gasteiger partial charge in [0.05, 0.1) is 13.7 Å². The van der Waals surface area contributed by atoms with Gasteiger partial charge >= 0.3 is 6.03 Å². The van der Waals surface area contributed by atoms with Crippen molar-refractivity contribution in [1.29, 1.82) is 0 Å². The van der Waals surface area contributed by atoms with E-state index in [-0.39, 0.29) is 6.03 Å². The summed E-state index contributed by atoms with van der Waals surface area (Å²) in [5.74, 6) is 1.84. The van der Waals surface area contributed by atoms with Gasteiger partial charge in [-0.3, -0.25) is 4.90 Å². The Morgan fingerprint density at radius 2 is 2.29 bits per heavy atom. The first-order valence-corrected chi connectivity index (χ1v) is 6.58. The number of anilines is 2. The minimum absolute atomic E-state index is 0.244. The number of nitrogens with zero attached hydrogens (tertiary/aromatic N) is 2. The summed E-state index contributed by atoms with van der Waals surface area (Å²) >= 11 is 0. The van der Waals surface area contributed by atoms with Crippen molar-refractivity contribution in [2.75, 3.05) is 30.5 Å². The van der Waals surface area contributed by atoms with Crippen molar-refractivity contribution in [1.82, 2.24) is 4.98 Å². The zero-order valence-corrected chi connectivity index (χ0v) is 11.6. The lowest BCUT2D eigenvalue weighted by Gasteiger charge is -2.28. The Bertz CT molecular complexity index is 660. The van der Waals surface area contributed by atoms with Crippen molar-refractivity contribution in [2.45, 2.75) is 0 Å². The van der Waals surface area contributed by atoms with Crippen LogP contribution in [0.5, 0.6) is 11.5 Å². The number of hydrogen-bond acceptors (Lipinski definition) is 4. The number of amides is 2. The van der Waals surface area contributed by atoms with Gasteiger partial charge < -0.3 is 14.8 Å². The van der Waals surface area contributed by atoms with Crippen LogP contribution in [0.15, 0.2) is 42.6 Å². The van der Waals surface area contributed by atoms with Crippen LogP contribution >= 0.6 is 0 Å². The zero-order chi connectivity index (χ0) is 14.7. The van der Waals surface area contributed by atoms with E-state index >= 15 is 0 Å². The lowest BCUT2D eigenvalue weighted by atomic mass is 10.3. The SMILES string of the molecule is COc1cccc(NC(=O)N2CCOc3cccnc32)c1. The smallest absolute Gasteiger partial charge is 0.327 e. The number of benzene rings is 1. The summed E-state index contributed by atoms with van der Waals surface area (Å²) in [4.78, 5) is 18.2. The van der Waals surface area contributed by atoms with Gasteiger partial charge in [-0.25, -0.2) is 9.78 Å². The minimum atomic E-state index is -0.244. The summed E-state index contributed by atoms with van der Waals surface area (Å²) in [6, 6.07) is 10.5. The van der Waals surface area contributed by atoms with E-state index in [1.54, 1.807) is 42.5 Å². The molecular weight excluding hydrogens is 270 g/mol. The van der Waals surface area contributed by atoms with Crippen LogP contribution in [0.4, 0.5) is 16.3 Å². The number of hydrogen-bond donors (Lipinski definition) is 1. The van der Waals surface area contributed by atoms with E-state index in [9.17, 15) is 4.79 Å². The highest BCUT2D eigenvalue weighted by Crippen LogP contribution is 2.29. The molecule has 0 bridgehead atoms. The first-order chi connectivity index (χ1) is 10.3. The Kier molecular flexibility index (Phi) is 3.59. The van der Waals surface area contributed by atoms with E-state index < -0.39 is 0 Å². The average molecular weight is 285 g/mol. The minimum Gasteiger partial charge on any atom is -0.497 e. The van der Waals surface area contributed by atoms with Gasteiger partial charge in [0.2, 0.25) is 0 Å². The first-order valence-electron chi connectivity index (χ1n) is 6.58. The largest absolute Gasteiger partial charge is 0.497 e. The maximum Gasteiger partial charge on any atom is 0.327 e. The van der Waals surface area contributed by atoms with E-state index in [1.807, 2.05) is 12.1 Å². The van der Waals surface area contributed by atoms with E-state index in [0.29, 0.717) is 36.2 Å². The van der Waals surface area contributed by atoms with E-state index in [0.717, 1.165) is 0 Å². The number of rotatable bonds is 2. The molecule has 0 atom stereocenters. The normalized spacial score (nSPS) is 13.1. The van der Waals surface area contributed by atoms with Crippen LogP contribution in [0.1, 0.15) is 0 Å². The molecule has 1 aliphatic rings. The topological polar surface area (TPSA) is 63.7 Å². The number of pyridine rings is 1. The van der Waals surface area contributed by atoms with Crippen molar-refractivity contribution in [3.63, 3.8) is 0 Å². The molecule has 0 saturated heterocycles. The summed E-state index contributed by atoms with van der Waals surface area (Å²) < 4.78 is 10.6. The number of fused-ring (bicyclic) bond motifs is 1. The zero-order valence-electron chi connectivity index (χ0n) is 11.6. The Labute approximate surface area is 122 Å². The molecule has 1 N–H and O–H groups in total. The second-order valence-electron chi connectivity index (χ2n) is 4.49. The van der Waals surface area contributed by atoms with E-state index in [4.69, 9.17) is 9.47 Å². The predicted octanol–water partition coefficient (Wildman–Crippen LogP) is 2.52. The monoisotopic (exact) mass is 285 g/mol. The molecule has 108 valence electrons. The molecule has 1 aromatic carbocycles. The van der Waals surface area contributed by atoms with Gasteiger partial charge in [-0.05, 0) is 24.3 Å². The second kappa shape index (κ2) is 5.70. The molecule has 2 amide bonds. The first kappa shape index (κ1) is 13.2. The number of urea groups is 1. The average Bonchev–Trinajstić information content (AvgIpc) is 2.54. The molecule has 0 unspecified atom stereocenters. The van der Waals surface area contributed by atoms with Crippen LogP contribution in [-0.2, 0) is 0 Å². The number of nitrogens with one attached hydrogen (secondary N) is 1. The summed E-state index contributed by atoms with van der Waals surface area (Å²) in [5, 5.41) is 2.84. The molecular formula is C15H15N3O3. The summed E-state index contributed by atoms with van der Waals surface area (Å²) in [5.41, 5.74) is 0.670. The number of ether oxygens (including phenoxy) is 2. The molecule has 2 aromatic rings. The Hall–Kier alpha value is -2.76. The summed E-state index contributed by atoms with van der Waals surface area (Å²) in [6.45, 7) is 0.907. The summed E-state index contributed by atoms with van der Waals surface area (Å²) in [7, 11) is 1.59. The molecule has 6 nitrogen and oxygen atoms in total. The molecule has 0 fully saturated rings. The highest BCUT2D eigenvalue weighted by molar-refractivity contribution is 6.02. The Morgan fingerprint density at radius 3 is 3.14 bits per heavy atom. The van der Waals surface area contributed by atoms with Gasteiger partial charge in [0, 0.05) is 18.0 Å². The molecule has 21 heavy (non-hydrogen) atoms. The maximum atomic E-state index is 12.4. The van der Waals surface area contributed by atoms with Crippen LogP contribution < -0.4 is 19.7 Å². The van der Waals surface area contributed by atoms with E-state index in [1.165, 1.54) is 0 Å². The fourth-order valence-electron chi connectivity index (χ4n) is 2.14. The highest BCUT2D eigenvalue weighted by Gasteiger charge is 2.24. The molecule has 3 rings (SSSR count). The lowest BCUT2D eigenvalue weighted by molar-refractivity contribution is 0.249. The van der Waals surface area contributed by atoms with Gasteiger partial charge in [-0.1, -0.05) is 6.07 Å². The van der Waals surface area contributed by atoms with Gasteiger partial charge in [0.1, 0.15) is 12.4 Å². The van der Waals surface area contributed by atoms with Crippen molar-refractivity contribution in [3.8, 4) is 11.5 Å². The number of carbonyl (C=O) groups is 1. The molecule has 1 aliphatic heterocycles. The predicted molar refractivity (Wildman–Crippen MR) is 79.1 cm³/mol. The lowest BCUT2D eigenvalue weighted by Crippen LogP contribution is -2.41. The Morgan fingerprint density at radius 1 is 1.38 bits per heavy atom. The molecule has 1 aromatic heterocycles. The summed E-state index contributed by atoms with van der Waals surface area (Å²) in [6.07, 6.45) is 1.64. The number of carbonyl (C=O) groups excluding carboxylic acids is 1. The van der Waals surface area contributed by atoms with Gasteiger partial charge in [-0.15, -0.1) is 0 Å². The van der Waals surface area contributed by atoms with Gasteiger partial charge in [0.15, 0.2) is 11.6 Å². The molecule has 6 heteroatoms.